The number of allylic oxidation sites excluding steroid dienone is 4. The van der Waals surface area contributed by atoms with Crippen LogP contribution in [0.15, 0.2) is 103 Å². The highest BCUT2D eigenvalue weighted by atomic mass is 14.9. The van der Waals surface area contributed by atoms with E-state index in [1.54, 1.807) is 0 Å². The van der Waals surface area contributed by atoms with Gasteiger partial charge >= 0.3 is 0 Å². The molecule has 0 atom stereocenters. The van der Waals surface area contributed by atoms with Crippen LogP contribution in [0.25, 0.3) is 106 Å². The molecule has 8 heterocycles. The number of hydrogen-bond donors (Lipinski definition) is 3. The summed E-state index contributed by atoms with van der Waals surface area (Å²) < 4.78 is 0. The topological polar surface area (TPSA) is 125 Å². The lowest BCUT2D eigenvalue weighted by Crippen LogP contribution is -2.01. The molecule has 6 aromatic heterocycles. The van der Waals surface area contributed by atoms with Crippen molar-refractivity contribution < 1.29 is 0 Å². The first-order valence-corrected chi connectivity index (χ1v) is 17.6. The van der Waals surface area contributed by atoms with Crippen LogP contribution in [-0.2, 0) is 12.8 Å². The molecule has 0 spiro atoms. The van der Waals surface area contributed by atoms with Crippen molar-refractivity contribution >= 4 is 71.8 Å². The molecule has 0 unspecified atom stereocenters. The number of H-pyrrole nitrogens is 3. The van der Waals surface area contributed by atoms with E-state index in [-0.39, 0.29) is 0 Å². The second-order valence-corrected chi connectivity index (χ2v) is 14.2. The van der Waals surface area contributed by atoms with Gasteiger partial charge in [-0.25, -0.2) is 29.9 Å². The molecule has 4 aromatic carbocycles. The third kappa shape index (κ3) is 3.56. The van der Waals surface area contributed by atoms with E-state index < -0.39 is 0 Å². The van der Waals surface area contributed by atoms with Crippen LogP contribution in [0.5, 0.6) is 0 Å². The molecule has 0 saturated heterocycles. The highest BCUT2D eigenvalue weighted by Gasteiger charge is 2.25. The lowest BCUT2D eigenvalue weighted by molar-refractivity contribution is 1.04. The van der Waals surface area contributed by atoms with E-state index in [1.807, 2.05) is 18.2 Å². The van der Waals surface area contributed by atoms with Crippen molar-refractivity contribution in [2.75, 3.05) is 0 Å². The van der Waals surface area contributed by atoms with Crippen LogP contribution >= 0.6 is 0 Å². The molecule has 13 rings (SSSR count). The van der Waals surface area contributed by atoms with Crippen molar-refractivity contribution in [3.63, 3.8) is 0 Å². The van der Waals surface area contributed by atoms with E-state index in [1.165, 1.54) is 11.1 Å². The van der Waals surface area contributed by atoms with Gasteiger partial charge < -0.3 is 15.0 Å². The predicted molar refractivity (Wildman–Crippen MR) is 205 cm³/mol. The van der Waals surface area contributed by atoms with Gasteiger partial charge in [0.1, 0.15) is 33.1 Å². The summed E-state index contributed by atoms with van der Waals surface area (Å²) in [5.41, 5.74) is 21.7. The quantitative estimate of drug-likeness (QED) is 0.109. The van der Waals surface area contributed by atoms with Crippen LogP contribution in [0.4, 0.5) is 0 Å². The molecule has 52 heavy (non-hydrogen) atoms. The lowest BCUT2D eigenvalue weighted by atomic mass is 9.99. The van der Waals surface area contributed by atoms with E-state index in [4.69, 9.17) is 29.9 Å². The molecule has 0 radical (unpaired) electrons. The van der Waals surface area contributed by atoms with E-state index >= 15 is 0 Å². The van der Waals surface area contributed by atoms with Gasteiger partial charge in [0.25, 0.3) is 0 Å². The fourth-order valence-electron chi connectivity index (χ4n) is 8.63. The van der Waals surface area contributed by atoms with Gasteiger partial charge in [0.05, 0.1) is 33.1 Å². The number of rotatable bonds is 0. The number of aromatic nitrogens is 9. The maximum atomic E-state index is 5.55. The second-order valence-electron chi connectivity index (χ2n) is 14.2. The minimum absolute atomic E-state index is 0.651. The van der Waals surface area contributed by atoms with Gasteiger partial charge in [-0.05, 0) is 72.7 Å². The van der Waals surface area contributed by atoms with Crippen molar-refractivity contribution in [1.82, 2.24) is 44.9 Å². The number of fused-ring (bicyclic) bond motifs is 13. The summed E-state index contributed by atoms with van der Waals surface area (Å²) in [5, 5.41) is 0. The zero-order valence-corrected chi connectivity index (χ0v) is 27.5. The second kappa shape index (κ2) is 9.41. The average molecular weight is 668 g/mol. The van der Waals surface area contributed by atoms with E-state index in [0.29, 0.717) is 33.1 Å². The molecule has 9 nitrogen and oxygen atoms in total. The Bertz CT molecular complexity index is 3340. The molecule has 3 aliphatic rings. The van der Waals surface area contributed by atoms with Gasteiger partial charge in [-0.1, -0.05) is 42.0 Å². The number of aromatic amines is 3. The fraction of sp³-hybridized carbons (Fsp3) is 0.0698. The smallest absolute Gasteiger partial charge is 0.120 e. The zero-order valence-electron chi connectivity index (χ0n) is 27.5. The number of nitrogens with one attached hydrogen (secondary N) is 3. The maximum Gasteiger partial charge on any atom is 0.120 e. The molecule has 0 fully saturated rings. The van der Waals surface area contributed by atoms with Crippen LogP contribution in [0.1, 0.15) is 29.1 Å². The van der Waals surface area contributed by atoms with Crippen molar-refractivity contribution in [1.29, 1.82) is 0 Å². The van der Waals surface area contributed by atoms with Crippen LogP contribution < -0.4 is 0 Å². The van der Waals surface area contributed by atoms with E-state index in [2.05, 4.69) is 93.8 Å². The van der Waals surface area contributed by atoms with Gasteiger partial charge in [-0.3, -0.25) is 0 Å². The summed E-state index contributed by atoms with van der Waals surface area (Å²) in [5.74, 6) is 0. The molecule has 9 heteroatoms. The molecular weight excluding hydrogens is 643 g/mol. The largest absolute Gasteiger partial charge is 0.358 e. The zero-order chi connectivity index (χ0) is 33.7. The van der Waals surface area contributed by atoms with E-state index in [9.17, 15) is 0 Å². The maximum absolute atomic E-state index is 5.55. The van der Waals surface area contributed by atoms with Crippen LogP contribution in [0, 0.1) is 0 Å². The highest BCUT2D eigenvalue weighted by Crippen LogP contribution is 2.41. The first-order chi connectivity index (χ1) is 25.7. The molecule has 242 valence electrons. The Morgan fingerprint density at radius 3 is 1.38 bits per heavy atom. The summed E-state index contributed by atoms with van der Waals surface area (Å²) in [6.45, 7) is 0. The van der Waals surface area contributed by atoms with Crippen molar-refractivity contribution in [3.8, 4) is 33.8 Å². The molecule has 0 amide bonds. The summed E-state index contributed by atoms with van der Waals surface area (Å²) in [6, 6.07) is 29.7. The van der Waals surface area contributed by atoms with Crippen molar-refractivity contribution in [3.05, 3.63) is 125 Å². The SMILES string of the molecule is C1=C2CC(=C1)c1cccc3nc4c5nc6cccc7c6nc5c5nc6c(ccc(c6nc5c4nc13)-c1ccc([nH]1)C2)-c1ccc([nH]1)Cc1ccc-7[nH]1. The molecule has 0 saturated carbocycles. The Kier molecular flexibility index (Phi) is 4.85. The average Bonchev–Trinajstić information content (AvgIpc) is 4.01. The van der Waals surface area contributed by atoms with Crippen LogP contribution in [-0.4, -0.2) is 44.9 Å². The Morgan fingerprint density at radius 2 is 0.808 bits per heavy atom. The third-order valence-corrected chi connectivity index (χ3v) is 11.1. The number of nitrogens with zero attached hydrogens (tertiary/aromatic N) is 6. The summed E-state index contributed by atoms with van der Waals surface area (Å²) in [6.07, 6.45) is 6.90. The molecule has 16 bridgehead atoms. The van der Waals surface area contributed by atoms with Crippen molar-refractivity contribution in [2.45, 2.75) is 19.3 Å². The molecule has 2 aliphatic heterocycles. The first-order valence-electron chi connectivity index (χ1n) is 17.6. The van der Waals surface area contributed by atoms with Crippen LogP contribution in [0.3, 0.4) is 0 Å². The van der Waals surface area contributed by atoms with Crippen LogP contribution in [0.2, 0.25) is 0 Å². The Labute approximate surface area is 294 Å². The molecular formula is C43H25N9. The number of para-hydroxylation sites is 2. The van der Waals surface area contributed by atoms with Gasteiger partial charge in [0, 0.05) is 69.3 Å². The number of hydrogen-bond acceptors (Lipinski definition) is 6. The van der Waals surface area contributed by atoms with Crippen molar-refractivity contribution in [2.24, 2.45) is 0 Å². The molecule has 10 aromatic rings. The van der Waals surface area contributed by atoms with Gasteiger partial charge in [0.2, 0.25) is 0 Å². The Balaban J connectivity index is 1.28. The van der Waals surface area contributed by atoms with E-state index in [0.717, 1.165) is 109 Å². The first kappa shape index (κ1) is 26.8. The Hall–Kier alpha value is -7.00. The minimum Gasteiger partial charge on any atom is -0.358 e. The summed E-state index contributed by atoms with van der Waals surface area (Å²) in [4.78, 5) is 43.7. The van der Waals surface area contributed by atoms with Gasteiger partial charge in [0.15, 0.2) is 0 Å². The molecule has 3 N–H and O–H groups in total. The predicted octanol–water partition coefficient (Wildman–Crippen LogP) is 9.13. The minimum atomic E-state index is 0.651. The summed E-state index contributed by atoms with van der Waals surface area (Å²) in [7, 11) is 0. The van der Waals surface area contributed by atoms with Gasteiger partial charge in [-0.15, -0.1) is 0 Å². The lowest BCUT2D eigenvalue weighted by Gasteiger charge is -2.14. The highest BCUT2D eigenvalue weighted by molar-refractivity contribution is 6.22. The third-order valence-electron chi connectivity index (χ3n) is 11.1. The number of benzene rings is 4. The normalized spacial score (nSPS) is 14.5. The summed E-state index contributed by atoms with van der Waals surface area (Å²) >= 11 is 0. The monoisotopic (exact) mass is 667 g/mol. The standard InChI is InChI=1S/C43H25N9/c1-3-25-21-8-7-20(17-21)18-22-9-14-30(44-22)27-12-13-28-31-16-11-24(46-31)19-23-10-15-29(45-23)26-4-2-6-33-35(26)50-41-39(48-33)38-40(49-34(25)32(5-1)47-38)42-43(41)52-37(28)36(27)51-42/h1-16,44-46H,17-19H2. The molecule has 1 aliphatic carbocycles. The fourth-order valence-corrected chi connectivity index (χ4v) is 8.63. The van der Waals surface area contributed by atoms with Gasteiger partial charge in [-0.2, -0.15) is 0 Å². The Morgan fingerprint density at radius 1 is 0.346 bits per heavy atom.